The van der Waals surface area contributed by atoms with Crippen molar-refractivity contribution in [3.8, 4) is 5.75 Å². The molecule has 2 aromatic rings. The molecule has 0 unspecified atom stereocenters. The van der Waals surface area contributed by atoms with Gasteiger partial charge in [-0.05, 0) is 41.4 Å². The van der Waals surface area contributed by atoms with Crippen LogP contribution in [0.4, 0.5) is 0 Å². The number of nitrogens with zero attached hydrogens (tertiary/aromatic N) is 2. The first-order valence-corrected chi connectivity index (χ1v) is 10.2. The first-order chi connectivity index (χ1) is 14.1. The van der Waals surface area contributed by atoms with Gasteiger partial charge in [0.15, 0.2) is 0 Å². The largest absolute Gasteiger partial charge is 0.488 e. The highest BCUT2D eigenvalue weighted by Gasteiger charge is 2.21. The van der Waals surface area contributed by atoms with Gasteiger partial charge >= 0.3 is 5.97 Å². The molecule has 2 aromatic carbocycles. The average Bonchev–Trinajstić information content (AvgIpc) is 2.90. The van der Waals surface area contributed by atoms with E-state index in [-0.39, 0.29) is 12.4 Å². The average molecular weight is 392 g/mol. The molecule has 4 rings (SSSR count). The van der Waals surface area contributed by atoms with Crippen LogP contribution in [-0.4, -0.2) is 62.7 Å². The van der Waals surface area contributed by atoms with Crippen LogP contribution >= 0.6 is 0 Å². The van der Waals surface area contributed by atoms with E-state index in [9.17, 15) is 4.79 Å². The van der Waals surface area contributed by atoms with E-state index >= 15 is 0 Å². The Bertz CT molecular complexity index is 914. The Morgan fingerprint density at radius 1 is 1.10 bits per heavy atom. The molecule has 0 amide bonds. The van der Waals surface area contributed by atoms with E-state index in [4.69, 9.17) is 9.47 Å². The van der Waals surface area contributed by atoms with E-state index in [1.807, 2.05) is 12.1 Å². The highest BCUT2D eigenvalue weighted by molar-refractivity contribution is 5.86. The topological polar surface area (TPSA) is 42.0 Å². The first kappa shape index (κ1) is 19.7. The third-order valence-corrected chi connectivity index (χ3v) is 5.75. The van der Waals surface area contributed by atoms with Crippen molar-refractivity contribution in [2.75, 3.05) is 46.9 Å². The van der Waals surface area contributed by atoms with Crippen molar-refractivity contribution in [2.24, 2.45) is 0 Å². The lowest BCUT2D eigenvalue weighted by molar-refractivity contribution is -0.139. The van der Waals surface area contributed by atoms with Gasteiger partial charge in [0.25, 0.3) is 0 Å². The van der Waals surface area contributed by atoms with Gasteiger partial charge in [-0.15, -0.1) is 0 Å². The number of carbonyl (C=O) groups excluding carboxylic acids is 1. The van der Waals surface area contributed by atoms with Crippen LogP contribution in [0, 0.1) is 0 Å². The molecule has 152 valence electrons. The van der Waals surface area contributed by atoms with Gasteiger partial charge in [-0.1, -0.05) is 36.4 Å². The molecular weight excluding hydrogens is 364 g/mol. The van der Waals surface area contributed by atoms with Crippen molar-refractivity contribution in [3.63, 3.8) is 0 Å². The number of likely N-dealkylation sites (N-methyl/N-ethyl adjacent to an activating group) is 1. The summed E-state index contributed by atoms with van der Waals surface area (Å²) in [6.07, 6.45) is 2.58. The van der Waals surface area contributed by atoms with Gasteiger partial charge in [-0.25, -0.2) is 0 Å². The predicted molar refractivity (Wildman–Crippen MR) is 114 cm³/mol. The maximum atomic E-state index is 11.8. The van der Waals surface area contributed by atoms with Gasteiger partial charge in [-0.3, -0.25) is 9.69 Å². The van der Waals surface area contributed by atoms with Gasteiger partial charge in [-0.2, -0.15) is 0 Å². The number of hydrogen-bond acceptors (Lipinski definition) is 5. The van der Waals surface area contributed by atoms with E-state index in [1.54, 1.807) is 0 Å². The highest BCUT2D eigenvalue weighted by Crippen LogP contribution is 2.37. The number of hydrogen-bond donors (Lipinski definition) is 0. The highest BCUT2D eigenvalue weighted by atomic mass is 16.5. The number of rotatable bonds is 4. The molecule has 1 fully saturated rings. The number of piperazine rings is 1. The monoisotopic (exact) mass is 392 g/mol. The summed E-state index contributed by atoms with van der Waals surface area (Å²) in [5.74, 6) is 0.627. The molecule has 29 heavy (non-hydrogen) atoms. The normalized spacial score (nSPS) is 18.5. The molecule has 0 radical (unpaired) electrons. The maximum Gasteiger partial charge on any atom is 0.309 e. The third-order valence-electron chi connectivity index (χ3n) is 5.75. The lowest BCUT2D eigenvalue weighted by Gasteiger charge is -2.31. The molecule has 2 aliphatic heterocycles. The second kappa shape index (κ2) is 8.80. The lowest BCUT2D eigenvalue weighted by atomic mass is 9.92. The summed E-state index contributed by atoms with van der Waals surface area (Å²) in [6.45, 7) is 5.80. The van der Waals surface area contributed by atoms with Crippen LogP contribution in [0.5, 0.6) is 5.75 Å². The zero-order valence-electron chi connectivity index (χ0n) is 17.2. The smallest absolute Gasteiger partial charge is 0.309 e. The maximum absolute atomic E-state index is 11.8. The Morgan fingerprint density at radius 3 is 2.69 bits per heavy atom. The minimum Gasteiger partial charge on any atom is -0.488 e. The van der Waals surface area contributed by atoms with Crippen LogP contribution in [0.15, 0.2) is 48.5 Å². The Kier molecular flexibility index (Phi) is 5.97. The standard InChI is InChI=1S/C24H28N2O3/c1-25-11-13-26(14-12-25)10-9-21-20-6-4-3-5-19(20)17-29-23-8-7-18(15-22(21)23)16-24(27)28-2/h3-9,15H,10-14,16-17H2,1-2H3. The number of fused-ring (bicyclic) bond motifs is 2. The summed E-state index contributed by atoms with van der Waals surface area (Å²) in [5, 5.41) is 0. The van der Waals surface area contributed by atoms with Gasteiger partial charge < -0.3 is 14.4 Å². The summed E-state index contributed by atoms with van der Waals surface area (Å²) >= 11 is 0. The molecule has 0 bridgehead atoms. The molecule has 1 saturated heterocycles. The van der Waals surface area contributed by atoms with Crippen molar-refractivity contribution in [2.45, 2.75) is 13.0 Å². The van der Waals surface area contributed by atoms with Crippen molar-refractivity contribution in [1.82, 2.24) is 9.80 Å². The molecule has 5 nitrogen and oxygen atoms in total. The summed E-state index contributed by atoms with van der Waals surface area (Å²) in [5.41, 5.74) is 5.55. The van der Waals surface area contributed by atoms with Crippen LogP contribution in [0.25, 0.3) is 5.57 Å². The van der Waals surface area contributed by atoms with E-state index < -0.39 is 0 Å². The van der Waals surface area contributed by atoms with Crippen molar-refractivity contribution >= 4 is 11.5 Å². The Morgan fingerprint density at radius 2 is 1.90 bits per heavy atom. The second-order valence-corrected chi connectivity index (χ2v) is 7.75. The van der Waals surface area contributed by atoms with E-state index in [2.05, 4.69) is 53.3 Å². The predicted octanol–water partition coefficient (Wildman–Crippen LogP) is 2.97. The van der Waals surface area contributed by atoms with Gasteiger partial charge in [0, 0.05) is 38.3 Å². The first-order valence-electron chi connectivity index (χ1n) is 10.2. The summed E-state index contributed by atoms with van der Waals surface area (Å²) in [7, 11) is 3.60. The minimum atomic E-state index is -0.233. The lowest BCUT2D eigenvalue weighted by Crippen LogP contribution is -2.44. The number of esters is 1. The molecule has 0 aliphatic carbocycles. The van der Waals surface area contributed by atoms with Crippen LogP contribution in [0.3, 0.4) is 0 Å². The number of benzene rings is 2. The Balaban J connectivity index is 1.70. The van der Waals surface area contributed by atoms with Crippen molar-refractivity contribution in [3.05, 3.63) is 70.8 Å². The van der Waals surface area contributed by atoms with Crippen LogP contribution in [0.1, 0.15) is 22.3 Å². The molecule has 0 aromatic heterocycles. The molecular formula is C24H28N2O3. The summed E-state index contributed by atoms with van der Waals surface area (Å²) < 4.78 is 11.0. The van der Waals surface area contributed by atoms with E-state index in [0.29, 0.717) is 6.61 Å². The fourth-order valence-corrected chi connectivity index (χ4v) is 3.94. The van der Waals surface area contributed by atoms with Crippen molar-refractivity contribution in [1.29, 1.82) is 0 Å². The molecule has 0 spiro atoms. The summed E-state index contributed by atoms with van der Waals surface area (Å²) in [6, 6.07) is 14.4. The fraction of sp³-hybridized carbons (Fsp3) is 0.375. The molecule has 0 N–H and O–H groups in total. The molecule has 2 heterocycles. The second-order valence-electron chi connectivity index (χ2n) is 7.75. The number of ether oxygens (including phenoxy) is 2. The molecule has 5 heteroatoms. The van der Waals surface area contributed by atoms with Crippen LogP contribution < -0.4 is 4.74 Å². The van der Waals surface area contributed by atoms with Gasteiger partial charge in [0.05, 0.1) is 13.5 Å². The molecule has 2 aliphatic rings. The van der Waals surface area contributed by atoms with Gasteiger partial charge in [0.2, 0.25) is 0 Å². The zero-order valence-corrected chi connectivity index (χ0v) is 17.2. The van der Waals surface area contributed by atoms with E-state index in [1.165, 1.54) is 23.8 Å². The van der Waals surface area contributed by atoms with E-state index in [0.717, 1.165) is 49.6 Å². The Labute approximate surface area is 172 Å². The van der Waals surface area contributed by atoms with Crippen LogP contribution in [-0.2, 0) is 22.6 Å². The molecule has 0 saturated carbocycles. The third kappa shape index (κ3) is 4.52. The SMILES string of the molecule is COC(=O)Cc1ccc2c(c1)C(=CCN1CCN(C)CC1)c1ccccc1CO2. The van der Waals surface area contributed by atoms with Crippen molar-refractivity contribution < 1.29 is 14.3 Å². The number of methoxy groups -OCH3 is 1. The Hall–Kier alpha value is -2.63. The van der Waals surface area contributed by atoms with Gasteiger partial charge in [0.1, 0.15) is 12.4 Å². The van der Waals surface area contributed by atoms with Crippen LogP contribution in [0.2, 0.25) is 0 Å². The zero-order chi connectivity index (χ0) is 20.2. The fourth-order valence-electron chi connectivity index (χ4n) is 3.94. The number of carbonyl (C=O) groups is 1. The minimum absolute atomic E-state index is 0.233. The molecule has 0 atom stereocenters. The quantitative estimate of drug-likeness (QED) is 0.749. The summed E-state index contributed by atoms with van der Waals surface area (Å²) in [4.78, 5) is 16.6.